The Bertz CT molecular complexity index is 1340. The average Bonchev–Trinajstić information content (AvgIpc) is 3.47. The highest BCUT2D eigenvalue weighted by Gasteiger charge is 2.21. The van der Waals surface area contributed by atoms with E-state index in [1.54, 1.807) is 11.7 Å². The van der Waals surface area contributed by atoms with Crippen LogP contribution in [-0.4, -0.2) is 48.9 Å². The molecule has 0 fully saturated rings. The molecule has 1 atom stereocenters. The molecule has 2 aromatic heterocycles. The Morgan fingerprint density at radius 3 is 2.76 bits per heavy atom. The Balaban J connectivity index is 1.52. The molecule has 0 spiro atoms. The fourth-order valence-electron chi connectivity index (χ4n) is 3.80. The van der Waals surface area contributed by atoms with Crippen LogP contribution in [0, 0.1) is 11.6 Å². The summed E-state index contributed by atoms with van der Waals surface area (Å²) in [6.07, 6.45) is 3.85. The lowest BCUT2D eigenvalue weighted by molar-refractivity contribution is -0.130. The van der Waals surface area contributed by atoms with Crippen molar-refractivity contribution in [2.45, 2.75) is 25.4 Å². The number of aromatic amines is 1. The molecule has 34 heavy (non-hydrogen) atoms. The zero-order valence-electron chi connectivity index (χ0n) is 18.2. The number of aromatic nitrogens is 4. The molecule has 9 nitrogen and oxygen atoms in total. The topological polar surface area (TPSA) is 116 Å². The second-order valence-corrected chi connectivity index (χ2v) is 7.94. The third-order valence-corrected chi connectivity index (χ3v) is 5.52. The summed E-state index contributed by atoms with van der Waals surface area (Å²) in [4.78, 5) is 29.0. The SMILES string of the molecule is CN(Cc1cn([C@@H](CC(=O)NO)Cc2c[nH]c3ccccc23)nn1)C(=O)c1ccc(F)c(F)c1. The molecule has 2 aromatic carbocycles. The largest absolute Gasteiger partial charge is 0.361 e. The molecule has 0 unspecified atom stereocenters. The molecule has 4 rings (SSSR count). The highest BCUT2D eigenvalue weighted by molar-refractivity contribution is 5.94. The molecular weight excluding hydrogens is 446 g/mol. The maximum absolute atomic E-state index is 13.5. The van der Waals surface area contributed by atoms with Crippen LogP contribution in [0.2, 0.25) is 0 Å². The highest BCUT2D eigenvalue weighted by Crippen LogP contribution is 2.24. The number of benzene rings is 2. The van der Waals surface area contributed by atoms with E-state index in [2.05, 4.69) is 15.3 Å². The average molecular weight is 468 g/mol. The molecule has 0 radical (unpaired) electrons. The molecule has 2 amide bonds. The van der Waals surface area contributed by atoms with Crippen molar-refractivity contribution in [1.82, 2.24) is 30.4 Å². The first-order chi connectivity index (χ1) is 16.4. The van der Waals surface area contributed by atoms with Crippen molar-refractivity contribution in [3.63, 3.8) is 0 Å². The number of hydroxylamine groups is 1. The minimum absolute atomic E-state index is 0.00520. The molecule has 4 aromatic rings. The van der Waals surface area contributed by atoms with Gasteiger partial charge in [0, 0.05) is 29.7 Å². The number of para-hydroxylation sites is 1. The summed E-state index contributed by atoms with van der Waals surface area (Å²) < 4.78 is 28.2. The van der Waals surface area contributed by atoms with Gasteiger partial charge in [0.2, 0.25) is 5.91 Å². The summed E-state index contributed by atoms with van der Waals surface area (Å²) in [6, 6.07) is 10.2. The number of fused-ring (bicyclic) bond motifs is 1. The Labute approximate surface area is 192 Å². The quantitative estimate of drug-likeness (QED) is 0.272. The van der Waals surface area contributed by atoms with Crippen LogP contribution in [0.1, 0.15) is 34.1 Å². The minimum atomic E-state index is -1.10. The maximum Gasteiger partial charge on any atom is 0.254 e. The molecule has 0 aliphatic rings. The van der Waals surface area contributed by atoms with Crippen molar-refractivity contribution < 1.29 is 23.6 Å². The first-order valence-corrected chi connectivity index (χ1v) is 10.4. The molecule has 3 N–H and O–H groups in total. The lowest BCUT2D eigenvalue weighted by atomic mass is 10.0. The third kappa shape index (κ3) is 4.94. The number of H-pyrrole nitrogens is 1. The molecule has 0 bridgehead atoms. The zero-order valence-corrected chi connectivity index (χ0v) is 18.2. The van der Waals surface area contributed by atoms with E-state index in [1.807, 2.05) is 30.5 Å². The summed E-state index contributed by atoms with van der Waals surface area (Å²) in [7, 11) is 1.51. The summed E-state index contributed by atoms with van der Waals surface area (Å²) in [5.41, 5.74) is 4.01. The molecular formula is C23H22F2N6O3. The van der Waals surface area contributed by atoms with E-state index in [1.165, 1.54) is 22.7 Å². The van der Waals surface area contributed by atoms with E-state index < -0.39 is 29.5 Å². The first-order valence-electron chi connectivity index (χ1n) is 10.4. The van der Waals surface area contributed by atoms with Gasteiger partial charge in [0.25, 0.3) is 5.91 Å². The van der Waals surface area contributed by atoms with Crippen LogP contribution < -0.4 is 5.48 Å². The number of carbonyl (C=O) groups is 2. The molecule has 0 saturated carbocycles. The van der Waals surface area contributed by atoms with Crippen LogP contribution in [0.5, 0.6) is 0 Å². The molecule has 176 valence electrons. The molecule has 0 aliphatic heterocycles. The number of halogens is 2. The predicted octanol–water partition coefficient (Wildman–Crippen LogP) is 2.99. The van der Waals surface area contributed by atoms with E-state index in [9.17, 15) is 18.4 Å². The molecule has 0 aliphatic carbocycles. The van der Waals surface area contributed by atoms with Gasteiger partial charge in [-0.15, -0.1) is 5.10 Å². The number of nitrogens with zero attached hydrogens (tertiary/aromatic N) is 4. The number of amides is 2. The lowest BCUT2D eigenvalue weighted by Crippen LogP contribution is -2.26. The summed E-state index contributed by atoms with van der Waals surface area (Å²) >= 11 is 0. The van der Waals surface area contributed by atoms with Crippen molar-refractivity contribution in [2.24, 2.45) is 0 Å². The number of hydrogen-bond donors (Lipinski definition) is 3. The Morgan fingerprint density at radius 2 is 2.00 bits per heavy atom. The van der Waals surface area contributed by atoms with E-state index >= 15 is 0 Å². The fraction of sp³-hybridized carbons (Fsp3) is 0.217. The third-order valence-electron chi connectivity index (χ3n) is 5.52. The van der Waals surface area contributed by atoms with Gasteiger partial charge in [0.15, 0.2) is 11.6 Å². The molecule has 0 saturated heterocycles. The van der Waals surface area contributed by atoms with E-state index in [0.29, 0.717) is 12.1 Å². The lowest BCUT2D eigenvalue weighted by Gasteiger charge is -2.17. The van der Waals surface area contributed by atoms with Gasteiger partial charge >= 0.3 is 0 Å². The van der Waals surface area contributed by atoms with Crippen molar-refractivity contribution in [1.29, 1.82) is 0 Å². The van der Waals surface area contributed by atoms with Crippen LogP contribution in [0.15, 0.2) is 54.9 Å². The summed E-state index contributed by atoms with van der Waals surface area (Å²) in [5.74, 6) is -3.22. The number of nitrogens with one attached hydrogen (secondary N) is 2. The van der Waals surface area contributed by atoms with Crippen LogP contribution in [-0.2, 0) is 17.8 Å². The van der Waals surface area contributed by atoms with Gasteiger partial charge in [-0.05, 0) is 36.2 Å². The standard InChI is InChI=1S/C23H22F2N6O3/c1-30(23(33)14-6-7-19(24)20(25)9-14)12-16-13-31(29-27-16)17(10-22(32)28-34)8-15-11-26-21-5-3-2-4-18(15)21/h2-7,9,11,13,17,26,34H,8,10,12H2,1H3,(H,28,32)/t17-/m1/s1. The fourth-order valence-corrected chi connectivity index (χ4v) is 3.80. The Kier molecular flexibility index (Phi) is 6.64. The van der Waals surface area contributed by atoms with Gasteiger partial charge in [-0.2, -0.15) is 0 Å². The van der Waals surface area contributed by atoms with Gasteiger partial charge < -0.3 is 9.88 Å². The zero-order chi connectivity index (χ0) is 24.2. The van der Waals surface area contributed by atoms with Crippen LogP contribution in [0.3, 0.4) is 0 Å². The second-order valence-electron chi connectivity index (χ2n) is 7.94. The smallest absolute Gasteiger partial charge is 0.254 e. The number of hydrogen-bond acceptors (Lipinski definition) is 5. The highest BCUT2D eigenvalue weighted by atomic mass is 19.2. The van der Waals surface area contributed by atoms with Gasteiger partial charge in [0.05, 0.1) is 25.2 Å². The van der Waals surface area contributed by atoms with Crippen LogP contribution in [0.4, 0.5) is 8.78 Å². The normalized spacial score (nSPS) is 12.0. The van der Waals surface area contributed by atoms with Crippen molar-refractivity contribution in [3.05, 3.63) is 83.3 Å². The van der Waals surface area contributed by atoms with Crippen LogP contribution >= 0.6 is 0 Å². The molecule has 11 heteroatoms. The molecule has 2 heterocycles. The number of carbonyl (C=O) groups excluding carboxylic acids is 2. The Morgan fingerprint density at radius 1 is 1.21 bits per heavy atom. The van der Waals surface area contributed by atoms with Gasteiger partial charge in [-0.1, -0.05) is 23.4 Å². The van der Waals surface area contributed by atoms with Crippen molar-refractivity contribution >= 4 is 22.7 Å². The van der Waals surface area contributed by atoms with Crippen molar-refractivity contribution in [2.75, 3.05) is 7.05 Å². The summed E-state index contributed by atoms with van der Waals surface area (Å²) in [5, 5.41) is 18.2. The Hall–Kier alpha value is -4.12. The minimum Gasteiger partial charge on any atom is -0.361 e. The van der Waals surface area contributed by atoms with E-state index in [-0.39, 0.29) is 18.5 Å². The van der Waals surface area contributed by atoms with Crippen molar-refractivity contribution in [3.8, 4) is 0 Å². The van der Waals surface area contributed by atoms with Crippen LogP contribution in [0.25, 0.3) is 10.9 Å². The number of rotatable bonds is 8. The van der Waals surface area contributed by atoms with Gasteiger partial charge in [-0.25, -0.2) is 18.9 Å². The van der Waals surface area contributed by atoms with E-state index in [4.69, 9.17) is 5.21 Å². The van der Waals surface area contributed by atoms with Gasteiger partial charge in [0.1, 0.15) is 5.69 Å². The second kappa shape index (κ2) is 9.79. The first kappa shape index (κ1) is 23.1. The monoisotopic (exact) mass is 468 g/mol. The maximum atomic E-state index is 13.5. The van der Waals surface area contributed by atoms with E-state index in [0.717, 1.165) is 28.6 Å². The summed E-state index contributed by atoms with van der Waals surface area (Å²) in [6.45, 7) is 0.0594. The van der Waals surface area contributed by atoms with Gasteiger partial charge in [-0.3, -0.25) is 14.8 Å². The predicted molar refractivity (Wildman–Crippen MR) is 118 cm³/mol.